The maximum atomic E-state index is 11.8. The molecule has 4 nitrogen and oxygen atoms in total. The number of hydrogen-bond donors (Lipinski definition) is 2. The van der Waals surface area contributed by atoms with Gasteiger partial charge in [-0.1, -0.05) is 41.0 Å². The molecule has 2 amide bonds. The standard InChI is InChI=1S/C14H28N2O2/c1-6-8-12(7-2)14(18)16-15-13(17)9-11(5)10(3)4/h10-12H,6-9H2,1-5H3,(H,15,17)(H,16,18). The molecular formula is C14H28N2O2. The largest absolute Gasteiger partial charge is 0.273 e. The zero-order valence-electron chi connectivity index (χ0n) is 12.4. The van der Waals surface area contributed by atoms with Gasteiger partial charge in [0.05, 0.1) is 0 Å². The maximum absolute atomic E-state index is 11.8. The minimum absolute atomic E-state index is 0.00202. The number of rotatable bonds is 7. The lowest BCUT2D eigenvalue weighted by molar-refractivity contribution is -0.132. The fourth-order valence-corrected chi connectivity index (χ4v) is 1.68. The first-order valence-electron chi connectivity index (χ1n) is 7.00. The molecule has 2 N–H and O–H groups in total. The molecule has 0 aliphatic carbocycles. The van der Waals surface area contributed by atoms with Gasteiger partial charge in [-0.05, 0) is 24.7 Å². The van der Waals surface area contributed by atoms with Gasteiger partial charge < -0.3 is 0 Å². The first-order valence-corrected chi connectivity index (χ1v) is 7.00. The van der Waals surface area contributed by atoms with Gasteiger partial charge in [-0.3, -0.25) is 20.4 Å². The average Bonchev–Trinajstić information content (AvgIpc) is 2.32. The summed E-state index contributed by atoms with van der Waals surface area (Å²) in [7, 11) is 0. The summed E-state index contributed by atoms with van der Waals surface area (Å²) in [6.07, 6.45) is 3.09. The van der Waals surface area contributed by atoms with Crippen molar-refractivity contribution in [3.8, 4) is 0 Å². The fraction of sp³-hybridized carbons (Fsp3) is 0.857. The van der Waals surface area contributed by atoms with Gasteiger partial charge in [0.15, 0.2) is 0 Å². The molecule has 2 unspecified atom stereocenters. The molecule has 2 atom stereocenters. The monoisotopic (exact) mass is 256 g/mol. The third kappa shape index (κ3) is 6.62. The summed E-state index contributed by atoms with van der Waals surface area (Å²) in [4.78, 5) is 23.4. The van der Waals surface area contributed by atoms with Crippen molar-refractivity contribution in [1.82, 2.24) is 10.9 Å². The van der Waals surface area contributed by atoms with E-state index in [1.165, 1.54) is 0 Å². The summed E-state index contributed by atoms with van der Waals surface area (Å²) < 4.78 is 0. The van der Waals surface area contributed by atoms with Gasteiger partial charge in [-0.25, -0.2) is 0 Å². The molecule has 0 radical (unpaired) electrons. The lowest BCUT2D eigenvalue weighted by Gasteiger charge is -2.17. The zero-order valence-corrected chi connectivity index (χ0v) is 12.4. The highest BCUT2D eigenvalue weighted by atomic mass is 16.2. The second-order valence-corrected chi connectivity index (χ2v) is 5.36. The van der Waals surface area contributed by atoms with E-state index in [0.717, 1.165) is 19.3 Å². The van der Waals surface area contributed by atoms with Crippen molar-refractivity contribution in [1.29, 1.82) is 0 Å². The van der Waals surface area contributed by atoms with Crippen molar-refractivity contribution in [2.75, 3.05) is 0 Å². The van der Waals surface area contributed by atoms with Crippen molar-refractivity contribution in [3.63, 3.8) is 0 Å². The number of hydrogen-bond acceptors (Lipinski definition) is 2. The van der Waals surface area contributed by atoms with Crippen LogP contribution in [-0.4, -0.2) is 11.8 Å². The fourth-order valence-electron chi connectivity index (χ4n) is 1.68. The first kappa shape index (κ1) is 16.9. The van der Waals surface area contributed by atoms with E-state index in [4.69, 9.17) is 0 Å². The second kappa shape index (κ2) is 8.95. The van der Waals surface area contributed by atoms with Crippen LogP contribution in [0.3, 0.4) is 0 Å². The van der Waals surface area contributed by atoms with Crippen LogP contribution in [0, 0.1) is 17.8 Å². The molecule has 4 heteroatoms. The molecule has 0 bridgehead atoms. The molecule has 0 saturated heterocycles. The molecule has 0 fully saturated rings. The normalized spacial score (nSPS) is 14.1. The molecule has 0 aliphatic rings. The number of carbonyl (C=O) groups is 2. The van der Waals surface area contributed by atoms with Gasteiger partial charge in [0, 0.05) is 12.3 Å². The van der Waals surface area contributed by atoms with Crippen molar-refractivity contribution < 1.29 is 9.59 Å². The number of nitrogens with one attached hydrogen (secondary N) is 2. The Hall–Kier alpha value is -1.06. The van der Waals surface area contributed by atoms with Crippen LogP contribution in [-0.2, 0) is 9.59 Å². The third-order valence-corrected chi connectivity index (χ3v) is 3.47. The smallest absolute Gasteiger partial charge is 0.241 e. The van der Waals surface area contributed by atoms with Crippen LogP contribution >= 0.6 is 0 Å². The van der Waals surface area contributed by atoms with E-state index in [1.807, 2.05) is 13.8 Å². The van der Waals surface area contributed by atoms with Crippen LogP contribution in [0.25, 0.3) is 0 Å². The third-order valence-electron chi connectivity index (χ3n) is 3.47. The Kier molecular flexibility index (Phi) is 8.42. The van der Waals surface area contributed by atoms with Crippen LogP contribution in [0.2, 0.25) is 0 Å². The van der Waals surface area contributed by atoms with E-state index in [1.54, 1.807) is 0 Å². The molecule has 106 valence electrons. The zero-order chi connectivity index (χ0) is 14.1. The van der Waals surface area contributed by atoms with Gasteiger partial charge in [-0.2, -0.15) is 0 Å². The van der Waals surface area contributed by atoms with E-state index in [0.29, 0.717) is 18.3 Å². The number of carbonyl (C=O) groups excluding carboxylic acids is 2. The van der Waals surface area contributed by atoms with Crippen molar-refractivity contribution >= 4 is 11.8 Å². The predicted octanol–water partition coefficient (Wildman–Crippen LogP) is 2.64. The molecule has 0 aromatic rings. The number of amides is 2. The lowest BCUT2D eigenvalue weighted by Crippen LogP contribution is -2.45. The highest BCUT2D eigenvalue weighted by Crippen LogP contribution is 2.13. The van der Waals surface area contributed by atoms with Gasteiger partial charge in [0.1, 0.15) is 0 Å². The Balaban J connectivity index is 4.01. The van der Waals surface area contributed by atoms with Gasteiger partial charge in [-0.15, -0.1) is 0 Å². The molecule has 0 spiro atoms. The SMILES string of the molecule is CCCC(CC)C(=O)NNC(=O)CC(C)C(C)C. The van der Waals surface area contributed by atoms with Crippen LogP contribution in [0.15, 0.2) is 0 Å². The van der Waals surface area contributed by atoms with Crippen molar-refractivity contribution in [2.45, 2.75) is 60.3 Å². The quantitative estimate of drug-likeness (QED) is 0.688. The van der Waals surface area contributed by atoms with Crippen LogP contribution in [0.1, 0.15) is 60.3 Å². The van der Waals surface area contributed by atoms with E-state index >= 15 is 0 Å². The molecule has 0 heterocycles. The predicted molar refractivity (Wildman–Crippen MR) is 73.6 cm³/mol. The van der Waals surface area contributed by atoms with Crippen LogP contribution in [0.5, 0.6) is 0 Å². The van der Waals surface area contributed by atoms with E-state index in [9.17, 15) is 9.59 Å². The van der Waals surface area contributed by atoms with Crippen LogP contribution in [0.4, 0.5) is 0 Å². The summed E-state index contributed by atoms with van der Waals surface area (Å²) in [5.41, 5.74) is 5.03. The van der Waals surface area contributed by atoms with Crippen molar-refractivity contribution in [2.24, 2.45) is 17.8 Å². The summed E-state index contributed by atoms with van der Waals surface area (Å²) in [5.74, 6) is 0.591. The van der Waals surface area contributed by atoms with Gasteiger partial charge >= 0.3 is 0 Å². The summed E-state index contributed by atoms with van der Waals surface area (Å²) in [5, 5.41) is 0. The van der Waals surface area contributed by atoms with Gasteiger partial charge in [0.25, 0.3) is 0 Å². The highest BCUT2D eigenvalue weighted by Gasteiger charge is 2.17. The minimum atomic E-state index is -0.115. The Morgan fingerprint density at radius 3 is 2.11 bits per heavy atom. The van der Waals surface area contributed by atoms with Crippen molar-refractivity contribution in [3.05, 3.63) is 0 Å². The first-order chi connectivity index (χ1) is 8.42. The summed E-state index contributed by atoms with van der Waals surface area (Å²) in [6, 6.07) is 0. The minimum Gasteiger partial charge on any atom is -0.273 e. The maximum Gasteiger partial charge on any atom is 0.241 e. The molecule has 18 heavy (non-hydrogen) atoms. The van der Waals surface area contributed by atoms with E-state index in [-0.39, 0.29) is 17.7 Å². The average molecular weight is 256 g/mol. The molecule has 0 rings (SSSR count). The molecular weight excluding hydrogens is 228 g/mol. The second-order valence-electron chi connectivity index (χ2n) is 5.36. The van der Waals surface area contributed by atoms with E-state index < -0.39 is 0 Å². The summed E-state index contributed by atoms with van der Waals surface area (Å²) >= 11 is 0. The molecule has 0 aromatic heterocycles. The Morgan fingerprint density at radius 1 is 1.06 bits per heavy atom. The molecule has 0 aliphatic heterocycles. The topological polar surface area (TPSA) is 58.2 Å². The Bertz CT molecular complexity index is 265. The summed E-state index contributed by atoms with van der Waals surface area (Å²) in [6.45, 7) is 10.3. The van der Waals surface area contributed by atoms with E-state index in [2.05, 4.69) is 31.6 Å². The Labute approximate surface area is 111 Å². The Morgan fingerprint density at radius 2 is 1.67 bits per heavy atom. The molecule has 0 aromatic carbocycles. The van der Waals surface area contributed by atoms with Crippen LogP contribution < -0.4 is 10.9 Å². The van der Waals surface area contributed by atoms with Gasteiger partial charge in [0.2, 0.25) is 11.8 Å². The number of hydrazine groups is 1. The molecule has 0 saturated carbocycles. The highest BCUT2D eigenvalue weighted by molar-refractivity contribution is 5.83. The lowest BCUT2D eigenvalue weighted by atomic mass is 9.94.